The van der Waals surface area contributed by atoms with Gasteiger partial charge in [0.2, 0.25) is 5.43 Å². The molecule has 0 bridgehead atoms. The third-order valence-corrected chi connectivity index (χ3v) is 5.18. The minimum absolute atomic E-state index is 0.287. The van der Waals surface area contributed by atoms with E-state index in [4.69, 9.17) is 23.2 Å². The van der Waals surface area contributed by atoms with Crippen LogP contribution in [0.2, 0.25) is 10.0 Å². The first-order chi connectivity index (χ1) is 14.3. The minimum atomic E-state index is -0.715. The summed E-state index contributed by atoms with van der Waals surface area (Å²) < 4.78 is 1.44. The molecule has 3 rings (SSSR count). The van der Waals surface area contributed by atoms with Gasteiger partial charge < -0.3 is 4.90 Å². The zero-order valence-corrected chi connectivity index (χ0v) is 18.4. The van der Waals surface area contributed by atoms with Gasteiger partial charge in [0.05, 0.1) is 10.6 Å². The van der Waals surface area contributed by atoms with Crippen LogP contribution in [0, 0.1) is 0 Å². The Morgan fingerprint density at radius 2 is 1.90 bits per heavy atom. The van der Waals surface area contributed by atoms with Gasteiger partial charge in [-0.2, -0.15) is 10.2 Å². The van der Waals surface area contributed by atoms with Gasteiger partial charge in [0.15, 0.2) is 5.69 Å². The van der Waals surface area contributed by atoms with E-state index in [1.165, 1.54) is 22.8 Å². The Kier molecular flexibility index (Phi) is 7.15. The van der Waals surface area contributed by atoms with Gasteiger partial charge in [0.1, 0.15) is 6.34 Å². The Balaban J connectivity index is 2.06. The van der Waals surface area contributed by atoms with Crippen LogP contribution in [0.15, 0.2) is 74.4 Å². The number of benzene rings is 2. The fourth-order valence-electron chi connectivity index (χ4n) is 2.33. The van der Waals surface area contributed by atoms with Crippen molar-refractivity contribution in [1.29, 1.82) is 0 Å². The molecule has 0 aliphatic carbocycles. The predicted molar refractivity (Wildman–Crippen MR) is 120 cm³/mol. The van der Waals surface area contributed by atoms with E-state index in [2.05, 4.69) is 15.6 Å². The topological polar surface area (TPSA) is 79.6 Å². The highest BCUT2D eigenvalue weighted by molar-refractivity contribution is 7.99. The maximum atomic E-state index is 13.0. The maximum absolute atomic E-state index is 13.0. The highest BCUT2D eigenvalue weighted by Crippen LogP contribution is 2.27. The fraction of sp³-hybridized carbons (Fsp3) is 0.100. The van der Waals surface area contributed by atoms with Crippen molar-refractivity contribution < 1.29 is 4.79 Å². The minimum Gasteiger partial charge on any atom is -0.367 e. The number of halogens is 2. The molecule has 1 aromatic heterocycles. The van der Waals surface area contributed by atoms with Crippen LogP contribution in [0.1, 0.15) is 10.5 Å². The van der Waals surface area contributed by atoms with E-state index < -0.39 is 11.3 Å². The third-order valence-electron chi connectivity index (χ3n) is 3.67. The van der Waals surface area contributed by atoms with Crippen LogP contribution >= 0.6 is 35.0 Å². The smallest absolute Gasteiger partial charge is 0.295 e. The van der Waals surface area contributed by atoms with Crippen LogP contribution in [0.4, 0.5) is 0 Å². The van der Waals surface area contributed by atoms with Crippen LogP contribution in [-0.4, -0.2) is 41.0 Å². The van der Waals surface area contributed by atoms with Crippen molar-refractivity contribution in [2.24, 2.45) is 5.10 Å². The van der Waals surface area contributed by atoms with E-state index in [1.54, 1.807) is 73.7 Å². The maximum Gasteiger partial charge on any atom is 0.295 e. The van der Waals surface area contributed by atoms with E-state index in [0.29, 0.717) is 20.6 Å². The third kappa shape index (κ3) is 5.63. The number of aromatic nitrogens is 2. The van der Waals surface area contributed by atoms with Crippen molar-refractivity contribution in [2.45, 2.75) is 9.79 Å². The normalized spacial score (nSPS) is 10.9. The second-order valence-electron chi connectivity index (χ2n) is 6.30. The predicted octanol–water partition coefficient (Wildman–Crippen LogP) is 3.93. The molecule has 154 valence electrons. The first kappa shape index (κ1) is 21.9. The van der Waals surface area contributed by atoms with Gasteiger partial charge in [-0.3, -0.25) is 9.59 Å². The van der Waals surface area contributed by atoms with Crippen molar-refractivity contribution in [3.8, 4) is 5.69 Å². The van der Waals surface area contributed by atoms with Crippen molar-refractivity contribution in [1.82, 2.24) is 20.1 Å². The molecular formula is C20H17Cl2N5O2S. The highest BCUT2D eigenvalue weighted by atomic mass is 35.5. The molecule has 1 N–H and O–H groups in total. The van der Waals surface area contributed by atoms with Gasteiger partial charge >= 0.3 is 0 Å². The van der Waals surface area contributed by atoms with Gasteiger partial charge in [0.25, 0.3) is 5.91 Å². The van der Waals surface area contributed by atoms with Gasteiger partial charge in [-0.25, -0.2) is 10.1 Å². The Morgan fingerprint density at radius 1 is 1.17 bits per heavy atom. The summed E-state index contributed by atoms with van der Waals surface area (Å²) in [5.41, 5.74) is 2.13. The number of nitrogens with one attached hydrogen (secondary N) is 1. The van der Waals surface area contributed by atoms with Crippen molar-refractivity contribution in [3.05, 3.63) is 80.7 Å². The van der Waals surface area contributed by atoms with Crippen molar-refractivity contribution in [3.63, 3.8) is 0 Å². The lowest BCUT2D eigenvalue weighted by Crippen LogP contribution is -2.30. The summed E-state index contributed by atoms with van der Waals surface area (Å²) in [6.45, 7) is 0. The molecule has 0 saturated carbocycles. The molecule has 0 radical (unpaired) electrons. The number of amides is 1. The van der Waals surface area contributed by atoms with E-state index in [-0.39, 0.29) is 5.69 Å². The number of nitrogens with zero attached hydrogens (tertiary/aromatic N) is 4. The second-order valence-corrected chi connectivity index (χ2v) is 8.29. The number of hydrazone groups is 1. The number of rotatable bonds is 6. The Bertz CT molecular complexity index is 1150. The number of hydrogen-bond donors (Lipinski definition) is 1. The molecule has 0 atom stereocenters. The Hall–Kier alpha value is -2.81. The molecule has 2 aromatic carbocycles. The lowest BCUT2D eigenvalue weighted by molar-refractivity contribution is 0.0946. The first-order valence-corrected chi connectivity index (χ1v) is 10.2. The lowest BCUT2D eigenvalue weighted by atomic mass is 10.3. The molecule has 10 heteroatoms. The monoisotopic (exact) mass is 461 g/mol. The Morgan fingerprint density at radius 3 is 2.57 bits per heavy atom. The number of carbonyl (C=O) groups is 1. The quantitative estimate of drug-likeness (QED) is 0.341. The van der Waals surface area contributed by atoms with E-state index in [9.17, 15) is 9.59 Å². The summed E-state index contributed by atoms with van der Waals surface area (Å²) in [6, 6.07) is 14.0. The van der Waals surface area contributed by atoms with Crippen LogP contribution in [0.5, 0.6) is 0 Å². The van der Waals surface area contributed by atoms with Crippen LogP contribution in [0.3, 0.4) is 0 Å². The Labute approximate surface area is 187 Å². The van der Waals surface area contributed by atoms with E-state index >= 15 is 0 Å². The van der Waals surface area contributed by atoms with E-state index in [0.717, 1.165) is 4.90 Å². The summed E-state index contributed by atoms with van der Waals surface area (Å²) in [6.07, 6.45) is 2.97. The summed E-state index contributed by atoms with van der Waals surface area (Å²) in [5, 5.41) is 9.10. The molecule has 7 nitrogen and oxygen atoms in total. The largest absolute Gasteiger partial charge is 0.367 e. The SMILES string of the molecule is CN(C)C=NNC(=O)c1nn(-c2cccc(Cl)c2)cc(Sc2ccc(Cl)cc2)c1=O. The standard InChI is InChI=1S/C20H17Cl2N5O2S/c1-26(2)12-23-24-20(29)18-19(28)17(30-16-8-6-13(21)7-9-16)11-27(25-18)15-5-3-4-14(22)10-15/h3-12H,1-2H3,(H,24,29). The molecule has 0 aliphatic rings. The van der Waals surface area contributed by atoms with Crippen molar-refractivity contribution in [2.75, 3.05) is 14.1 Å². The zero-order valence-electron chi connectivity index (χ0n) is 16.0. The van der Waals surface area contributed by atoms with Crippen LogP contribution in [-0.2, 0) is 0 Å². The molecule has 30 heavy (non-hydrogen) atoms. The molecule has 0 spiro atoms. The molecule has 0 fully saturated rings. The summed E-state index contributed by atoms with van der Waals surface area (Å²) in [7, 11) is 3.51. The molecule has 0 saturated heterocycles. The average Bonchev–Trinajstić information content (AvgIpc) is 2.70. The average molecular weight is 462 g/mol. The first-order valence-electron chi connectivity index (χ1n) is 8.67. The fourth-order valence-corrected chi connectivity index (χ4v) is 3.50. The van der Waals surface area contributed by atoms with Crippen LogP contribution in [0.25, 0.3) is 5.69 Å². The van der Waals surface area contributed by atoms with Gasteiger partial charge in [-0.15, -0.1) is 0 Å². The molecule has 0 unspecified atom stereocenters. The number of hydrogen-bond acceptors (Lipinski definition) is 5. The molecule has 1 amide bonds. The van der Waals surface area contributed by atoms with Gasteiger partial charge in [0, 0.05) is 35.2 Å². The molecular weight excluding hydrogens is 445 g/mol. The summed E-state index contributed by atoms with van der Waals surface area (Å²) >= 11 is 13.2. The molecule has 0 aliphatic heterocycles. The number of carbonyl (C=O) groups excluding carboxylic acids is 1. The van der Waals surface area contributed by atoms with Gasteiger partial charge in [-0.1, -0.05) is 41.0 Å². The van der Waals surface area contributed by atoms with Gasteiger partial charge in [-0.05, 0) is 42.5 Å². The summed E-state index contributed by atoms with van der Waals surface area (Å²) in [5.74, 6) is -0.715. The summed E-state index contributed by atoms with van der Waals surface area (Å²) in [4.78, 5) is 28.3. The zero-order chi connectivity index (χ0) is 21.7. The second kappa shape index (κ2) is 9.80. The van der Waals surface area contributed by atoms with Crippen molar-refractivity contribution >= 4 is 47.2 Å². The lowest BCUT2D eigenvalue weighted by Gasteiger charge is -2.11. The van der Waals surface area contributed by atoms with Crippen LogP contribution < -0.4 is 10.9 Å². The highest BCUT2D eigenvalue weighted by Gasteiger charge is 2.18. The molecule has 3 aromatic rings. The van der Waals surface area contributed by atoms with E-state index in [1.807, 2.05) is 0 Å². The molecule has 1 heterocycles.